The average Bonchev–Trinajstić information content (AvgIpc) is 3.74. The Balaban J connectivity index is 1.08. The van der Waals surface area contributed by atoms with Gasteiger partial charge in [-0.05, 0) is 73.9 Å². The van der Waals surface area contributed by atoms with Gasteiger partial charge in [-0.15, -0.1) is 0 Å². The number of carbonyl (C=O) groups is 1. The number of nitrogens with one attached hydrogen (secondary N) is 1. The zero-order valence-electron chi connectivity index (χ0n) is 19.3. The van der Waals surface area contributed by atoms with Crippen molar-refractivity contribution in [2.45, 2.75) is 70.4 Å². The highest BCUT2D eigenvalue weighted by atomic mass is 16.5. The van der Waals surface area contributed by atoms with E-state index in [9.17, 15) is 4.79 Å². The Labute approximate surface area is 192 Å². The van der Waals surface area contributed by atoms with E-state index in [0.29, 0.717) is 0 Å². The molecule has 1 heterocycles. The molecule has 4 nitrogen and oxygen atoms in total. The summed E-state index contributed by atoms with van der Waals surface area (Å²) in [5.41, 5.74) is 3.89. The molecule has 1 amide bonds. The third kappa shape index (κ3) is 5.65. The number of amides is 1. The quantitative estimate of drug-likeness (QED) is 0.526. The van der Waals surface area contributed by atoms with Crippen LogP contribution in [-0.2, 0) is 11.2 Å². The molecule has 2 saturated carbocycles. The van der Waals surface area contributed by atoms with Gasteiger partial charge in [0.15, 0.2) is 0 Å². The number of hydrogen-bond donors (Lipinski definition) is 1. The van der Waals surface area contributed by atoms with Gasteiger partial charge in [-0.3, -0.25) is 4.79 Å². The fourth-order valence-corrected chi connectivity index (χ4v) is 4.72. The molecule has 32 heavy (non-hydrogen) atoms. The maximum absolute atomic E-state index is 12.0. The fraction of sp³-hybridized carbons (Fsp3) is 0.536. The first-order chi connectivity index (χ1) is 15.6. The summed E-state index contributed by atoms with van der Waals surface area (Å²) in [7, 11) is 0. The summed E-state index contributed by atoms with van der Waals surface area (Å²) in [5, 5.41) is 3.11. The average molecular weight is 433 g/mol. The Hall–Kier alpha value is -2.49. The normalized spacial score (nSPS) is 21.4. The molecule has 0 aromatic heterocycles. The molecule has 2 atom stereocenters. The third-order valence-electron chi connectivity index (χ3n) is 7.21. The standard InChI is InChI=1S/C28H36N2O2/c1-20(29-28(31)24-9-10-24)23-11-15-26(16-12-23)32-27-17-18-30(19-27)25-13-7-22(8-14-25)4-2-3-21-5-6-21/h7-8,11-16,20-21,24,27H,2-6,9-10,17-19H2,1H3,(H,29,31). The van der Waals surface area contributed by atoms with Crippen molar-refractivity contribution in [2.24, 2.45) is 11.8 Å². The lowest BCUT2D eigenvalue weighted by Crippen LogP contribution is -2.27. The minimum Gasteiger partial charge on any atom is -0.489 e. The van der Waals surface area contributed by atoms with Gasteiger partial charge in [0, 0.05) is 24.6 Å². The van der Waals surface area contributed by atoms with E-state index >= 15 is 0 Å². The van der Waals surface area contributed by atoms with Gasteiger partial charge in [0.1, 0.15) is 11.9 Å². The van der Waals surface area contributed by atoms with Gasteiger partial charge in [-0.25, -0.2) is 0 Å². The van der Waals surface area contributed by atoms with E-state index in [2.05, 4.69) is 46.6 Å². The van der Waals surface area contributed by atoms with Crippen molar-refractivity contribution in [1.29, 1.82) is 0 Å². The summed E-state index contributed by atoms with van der Waals surface area (Å²) in [5.74, 6) is 2.37. The Morgan fingerprint density at radius 1 is 1.03 bits per heavy atom. The lowest BCUT2D eigenvalue weighted by molar-refractivity contribution is -0.122. The van der Waals surface area contributed by atoms with Crippen LogP contribution in [0.5, 0.6) is 5.75 Å². The number of carbonyl (C=O) groups excluding carboxylic acids is 1. The summed E-state index contributed by atoms with van der Waals surface area (Å²) in [4.78, 5) is 14.4. The van der Waals surface area contributed by atoms with Crippen LogP contribution in [-0.4, -0.2) is 25.1 Å². The number of nitrogens with zero attached hydrogens (tertiary/aromatic N) is 1. The molecule has 1 saturated heterocycles. The second-order valence-corrected chi connectivity index (χ2v) is 10.1. The number of aryl methyl sites for hydroxylation is 1. The van der Waals surface area contributed by atoms with Crippen LogP contribution in [0.15, 0.2) is 48.5 Å². The molecule has 4 heteroatoms. The second kappa shape index (κ2) is 9.56. The van der Waals surface area contributed by atoms with Gasteiger partial charge in [-0.2, -0.15) is 0 Å². The van der Waals surface area contributed by atoms with E-state index in [0.717, 1.165) is 49.6 Å². The summed E-state index contributed by atoms with van der Waals surface area (Å²) in [6, 6.07) is 17.4. The van der Waals surface area contributed by atoms with Crippen LogP contribution in [0.4, 0.5) is 5.69 Å². The molecule has 2 unspecified atom stereocenters. The first kappa shape index (κ1) is 21.4. The van der Waals surface area contributed by atoms with Crippen LogP contribution in [0.25, 0.3) is 0 Å². The highest BCUT2D eigenvalue weighted by Gasteiger charge is 2.30. The zero-order chi connectivity index (χ0) is 21.9. The zero-order valence-corrected chi connectivity index (χ0v) is 19.3. The predicted molar refractivity (Wildman–Crippen MR) is 129 cm³/mol. The van der Waals surface area contributed by atoms with Crippen LogP contribution in [0.3, 0.4) is 0 Å². The van der Waals surface area contributed by atoms with E-state index in [4.69, 9.17) is 4.74 Å². The van der Waals surface area contributed by atoms with Crippen LogP contribution in [0, 0.1) is 11.8 Å². The molecule has 1 aliphatic heterocycles. The largest absolute Gasteiger partial charge is 0.489 e. The first-order valence-corrected chi connectivity index (χ1v) is 12.5. The minimum absolute atomic E-state index is 0.0378. The van der Waals surface area contributed by atoms with Gasteiger partial charge >= 0.3 is 0 Å². The topological polar surface area (TPSA) is 41.6 Å². The van der Waals surface area contributed by atoms with E-state index in [1.165, 1.54) is 43.4 Å². The van der Waals surface area contributed by atoms with Crippen LogP contribution in [0.2, 0.25) is 0 Å². The number of rotatable bonds is 10. The molecule has 0 spiro atoms. The van der Waals surface area contributed by atoms with Crippen molar-refractivity contribution in [1.82, 2.24) is 5.32 Å². The fourth-order valence-electron chi connectivity index (χ4n) is 4.72. The van der Waals surface area contributed by atoms with Crippen molar-refractivity contribution in [3.63, 3.8) is 0 Å². The number of ether oxygens (including phenoxy) is 1. The number of anilines is 1. The summed E-state index contributed by atoms with van der Waals surface area (Å²) in [6.45, 7) is 4.01. The molecule has 3 aliphatic rings. The molecule has 2 aromatic carbocycles. The molecule has 5 rings (SSSR count). The molecular weight excluding hydrogens is 396 g/mol. The van der Waals surface area contributed by atoms with Crippen molar-refractivity contribution < 1.29 is 9.53 Å². The van der Waals surface area contributed by atoms with E-state index in [1.807, 2.05) is 19.1 Å². The minimum atomic E-state index is 0.0378. The summed E-state index contributed by atoms with van der Waals surface area (Å²) >= 11 is 0. The maximum atomic E-state index is 12.0. The van der Waals surface area contributed by atoms with Gasteiger partial charge in [0.25, 0.3) is 0 Å². The van der Waals surface area contributed by atoms with Gasteiger partial charge < -0.3 is 15.0 Å². The van der Waals surface area contributed by atoms with Crippen LogP contribution < -0.4 is 15.0 Å². The Morgan fingerprint density at radius 3 is 2.47 bits per heavy atom. The Bertz CT molecular complexity index is 900. The van der Waals surface area contributed by atoms with Gasteiger partial charge in [0.2, 0.25) is 5.91 Å². The lowest BCUT2D eigenvalue weighted by atomic mass is 10.1. The Kier molecular flexibility index (Phi) is 6.38. The molecular formula is C28H36N2O2. The number of hydrogen-bond acceptors (Lipinski definition) is 3. The van der Waals surface area contributed by atoms with Gasteiger partial charge in [-0.1, -0.05) is 43.5 Å². The van der Waals surface area contributed by atoms with Crippen LogP contribution in [0.1, 0.15) is 69.0 Å². The van der Waals surface area contributed by atoms with E-state index < -0.39 is 0 Å². The third-order valence-corrected chi connectivity index (χ3v) is 7.21. The van der Waals surface area contributed by atoms with Crippen molar-refractivity contribution in [3.05, 3.63) is 59.7 Å². The predicted octanol–water partition coefficient (Wildman–Crippen LogP) is 5.66. The SMILES string of the molecule is CC(NC(=O)C1CC1)c1ccc(OC2CCN(c3ccc(CCCC4CC4)cc3)C2)cc1. The highest BCUT2D eigenvalue weighted by Crippen LogP contribution is 2.34. The molecule has 2 aromatic rings. The number of benzene rings is 2. The van der Waals surface area contributed by atoms with Crippen LogP contribution >= 0.6 is 0 Å². The first-order valence-electron chi connectivity index (χ1n) is 12.5. The lowest BCUT2D eigenvalue weighted by Gasteiger charge is -2.20. The second-order valence-electron chi connectivity index (χ2n) is 10.1. The molecule has 3 fully saturated rings. The Morgan fingerprint density at radius 2 is 1.78 bits per heavy atom. The molecule has 0 radical (unpaired) electrons. The molecule has 2 aliphatic carbocycles. The maximum Gasteiger partial charge on any atom is 0.223 e. The molecule has 0 bridgehead atoms. The summed E-state index contributed by atoms with van der Waals surface area (Å²) < 4.78 is 6.27. The monoisotopic (exact) mass is 432 g/mol. The van der Waals surface area contributed by atoms with Crippen molar-refractivity contribution in [2.75, 3.05) is 18.0 Å². The van der Waals surface area contributed by atoms with E-state index in [-0.39, 0.29) is 24.0 Å². The van der Waals surface area contributed by atoms with Crippen molar-refractivity contribution >= 4 is 11.6 Å². The van der Waals surface area contributed by atoms with Gasteiger partial charge in [0.05, 0.1) is 12.6 Å². The van der Waals surface area contributed by atoms with E-state index in [1.54, 1.807) is 0 Å². The molecule has 170 valence electrons. The summed E-state index contributed by atoms with van der Waals surface area (Å²) in [6.07, 6.45) is 10.2. The smallest absolute Gasteiger partial charge is 0.223 e. The highest BCUT2D eigenvalue weighted by molar-refractivity contribution is 5.81. The van der Waals surface area contributed by atoms with Crippen molar-refractivity contribution in [3.8, 4) is 5.75 Å². The molecule has 1 N–H and O–H groups in total.